The number of benzene rings is 1. The van der Waals surface area contributed by atoms with Crippen LogP contribution in [0.4, 0.5) is 4.79 Å². The number of nitrogens with zero attached hydrogens (tertiary/aromatic N) is 1. The van der Waals surface area contributed by atoms with Crippen LogP contribution in [0.25, 0.3) is 0 Å². The van der Waals surface area contributed by atoms with E-state index in [0.29, 0.717) is 55.4 Å². The van der Waals surface area contributed by atoms with Crippen molar-refractivity contribution >= 4 is 18.0 Å². The van der Waals surface area contributed by atoms with Gasteiger partial charge in [-0.15, -0.1) is 0 Å². The zero-order valence-corrected chi connectivity index (χ0v) is 18.4. The van der Waals surface area contributed by atoms with Crippen molar-refractivity contribution in [3.63, 3.8) is 0 Å². The molecule has 0 unspecified atom stereocenters. The quantitative estimate of drug-likeness (QED) is 0.578. The van der Waals surface area contributed by atoms with Crippen molar-refractivity contribution in [1.82, 2.24) is 10.2 Å². The molecule has 0 bridgehead atoms. The highest BCUT2D eigenvalue weighted by atomic mass is 16.6. The summed E-state index contributed by atoms with van der Waals surface area (Å²) in [7, 11) is 4.47. The van der Waals surface area contributed by atoms with E-state index in [2.05, 4.69) is 5.32 Å². The average molecular weight is 438 g/mol. The maximum atomic E-state index is 12.2. The number of rotatable bonds is 9. The normalized spacial score (nSPS) is 13.9. The third-order valence-electron chi connectivity index (χ3n) is 4.82. The number of likely N-dealkylation sites (tertiary alicyclic amines) is 1. The molecule has 0 saturated carbocycles. The molecule has 0 aromatic heterocycles. The fourth-order valence-corrected chi connectivity index (χ4v) is 3.29. The van der Waals surface area contributed by atoms with Crippen molar-refractivity contribution in [2.45, 2.75) is 32.2 Å². The first-order chi connectivity index (χ1) is 14.9. The standard InChI is InChI=1S/C21H30N2O8/c1-5-30-21(26)23-8-6-15(7-9-23)22-18(24)13-31-19(25)12-14-10-16(27-2)20(29-4)17(11-14)28-3/h10-11,15H,5-9,12-13H2,1-4H3,(H,22,24). The zero-order valence-electron chi connectivity index (χ0n) is 18.4. The monoisotopic (exact) mass is 438 g/mol. The van der Waals surface area contributed by atoms with Crippen LogP contribution in [0.5, 0.6) is 17.2 Å². The molecular formula is C21H30N2O8. The van der Waals surface area contributed by atoms with E-state index in [1.54, 1.807) is 24.0 Å². The fraction of sp³-hybridized carbons (Fsp3) is 0.571. The van der Waals surface area contributed by atoms with Crippen LogP contribution in [0.2, 0.25) is 0 Å². The topological polar surface area (TPSA) is 113 Å². The number of esters is 1. The number of methoxy groups -OCH3 is 3. The van der Waals surface area contributed by atoms with Gasteiger partial charge in [-0.05, 0) is 37.5 Å². The van der Waals surface area contributed by atoms with Crippen molar-refractivity contribution in [1.29, 1.82) is 0 Å². The Bertz CT molecular complexity index is 750. The Balaban J connectivity index is 1.79. The first-order valence-corrected chi connectivity index (χ1v) is 10.1. The summed E-state index contributed by atoms with van der Waals surface area (Å²) in [4.78, 5) is 37.6. The van der Waals surface area contributed by atoms with Crippen LogP contribution in [-0.2, 0) is 25.5 Å². The summed E-state index contributed by atoms with van der Waals surface area (Å²) < 4.78 is 25.9. The number of hydrogen-bond acceptors (Lipinski definition) is 8. The minimum Gasteiger partial charge on any atom is -0.493 e. The van der Waals surface area contributed by atoms with Crippen LogP contribution in [0, 0.1) is 0 Å². The Morgan fingerprint density at radius 2 is 1.61 bits per heavy atom. The minimum atomic E-state index is -0.554. The van der Waals surface area contributed by atoms with Gasteiger partial charge in [-0.3, -0.25) is 9.59 Å². The summed E-state index contributed by atoms with van der Waals surface area (Å²) in [6, 6.07) is 3.23. The number of piperidine rings is 1. The Morgan fingerprint density at radius 1 is 1.00 bits per heavy atom. The summed E-state index contributed by atoms with van der Waals surface area (Å²) in [5, 5.41) is 2.83. The molecule has 0 aliphatic carbocycles. The molecule has 31 heavy (non-hydrogen) atoms. The Labute approximate surface area is 181 Å². The first kappa shape index (κ1) is 24.1. The lowest BCUT2D eigenvalue weighted by Crippen LogP contribution is -2.47. The first-order valence-electron chi connectivity index (χ1n) is 10.1. The van der Waals surface area contributed by atoms with Crippen LogP contribution in [0.1, 0.15) is 25.3 Å². The molecule has 1 aromatic carbocycles. The molecule has 0 radical (unpaired) electrons. The molecule has 172 valence electrons. The second-order valence-electron chi connectivity index (χ2n) is 6.90. The van der Waals surface area contributed by atoms with E-state index < -0.39 is 5.97 Å². The molecule has 0 spiro atoms. The molecule has 1 aliphatic heterocycles. The van der Waals surface area contributed by atoms with E-state index in [1.807, 2.05) is 0 Å². The Morgan fingerprint density at radius 3 is 2.13 bits per heavy atom. The van der Waals surface area contributed by atoms with E-state index in [9.17, 15) is 14.4 Å². The highest BCUT2D eigenvalue weighted by Gasteiger charge is 2.25. The van der Waals surface area contributed by atoms with Crippen molar-refractivity contribution in [2.24, 2.45) is 0 Å². The molecule has 1 heterocycles. The number of ether oxygens (including phenoxy) is 5. The van der Waals surface area contributed by atoms with Gasteiger partial charge in [0.15, 0.2) is 18.1 Å². The zero-order chi connectivity index (χ0) is 22.8. The van der Waals surface area contributed by atoms with Gasteiger partial charge < -0.3 is 33.9 Å². The lowest BCUT2D eigenvalue weighted by molar-refractivity contribution is -0.148. The largest absolute Gasteiger partial charge is 0.493 e. The molecule has 10 heteroatoms. The van der Waals surface area contributed by atoms with Crippen molar-refractivity contribution in [2.75, 3.05) is 47.6 Å². The number of carbonyl (C=O) groups is 3. The number of amides is 2. The summed E-state index contributed by atoms with van der Waals surface area (Å²) in [5.41, 5.74) is 0.603. The molecule has 10 nitrogen and oxygen atoms in total. The summed E-state index contributed by atoms with van der Waals surface area (Å²) >= 11 is 0. The van der Waals surface area contributed by atoms with Crippen LogP contribution in [-0.4, -0.2) is 76.5 Å². The van der Waals surface area contributed by atoms with E-state index in [0.717, 1.165) is 0 Å². The van der Waals surface area contributed by atoms with Gasteiger partial charge in [0, 0.05) is 19.1 Å². The Kier molecular flexibility index (Phi) is 9.23. The highest BCUT2D eigenvalue weighted by Crippen LogP contribution is 2.38. The van der Waals surface area contributed by atoms with E-state index in [4.69, 9.17) is 23.7 Å². The second-order valence-corrected chi connectivity index (χ2v) is 6.90. The van der Waals surface area contributed by atoms with Crippen LogP contribution in [0.15, 0.2) is 12.1 Å². The molecule has 1 fully saturated rings. The maximum Gasteiger partial charge on any atom is 0.409 e. The molecule has 2 rings (SSSR count). The molecule has 1 aliphatic rings. The van der Waals surface area contributed by atoms with Crippen molar-refractivity contribution < 1.29 is 38.1 Å². The summed E-state index contributed by atoms with van der Waals surface area (Å²) in [5.74, 6) is 0.345. The van der Waals surface area contributed by atoms with Crippen LogP contribution in [0.3, 0.4) is 0 Å². The minimum absolute atomic E-state index is 0.0536. The van der Waals surface area contributed by atoms with Gasteiger partial charge >= 0.3 is 12.1 Å². The van der Waals surface area contributed by atoms with Crippen LogP contribution >= 0.6 is 0 Å². The van der Waals surface area contributed by atoms with E-state index in [1.165, 1.54) is 21.3 Å². The Hall–Kier alpha value is -3.17. The third-order valence-corrected chi connectivity index (χ3v) is 4.82. The number of carbonyl (C=O) groups excluding carboxylic acids is 3. The van der Waals surface area contributed by atoms with Crippen LogP contribution < -0.4 is 19.5 Å². The van der Waals surface area contributed by atoms with Gasteiger partial charge in [0.05, 0.1) is 34.4 Å². The number of hydrogen-bond donors (Lipinski definition) is 1. The third kappa shape index (κ3) is 6.94. The van der Waals surface area contributed by atoms with E-state index >= 15 is 0 Å². The summed E-state index contributed by atoms with van der Waals surface area (Å²) in [6.07, 6.45) is 0.837. The lowest BCUT2D eigenvalue weighted by atomic mass is 10.1. The molecule has 1 N–H and O–H groups in total. The van der Waals surface area contributed by atoms with Gasteiger partial charge in [0.2, 0.25) is 5.75 Å². The van der Waals surface area contributed by atoms with Gasteiger partial charge in [0.25, 0.3) is 5.91 Å². The fourth-order valence-electron chi connectivity index (χ4n) is 3.29. The van der Waals surface area contributed by atoms with Gasteiger partial charge in [-0.1, -0.05) is 0 Å². The molecule has 0 atom stereocenters. The second kappa shape index (κ2) is 11.9. The molecular weight excluding hydrogens is 408 g/mol. The maximum absolute atomic E-state index is 12.2. The highest BCUT2D eigenvalue weighted by molar-refractivity contribution is 5.81. The predicted octanol–water partition coefficient (Wildman–Crippen LogP) is 1.54. The van der Waals surface area contributed by atoms with Gasteiger partial charge in [-0.2, -0.15) is 0 Å². The average Bonchev–Trinajstić information content (AvgIpc) is 2.77. The van der Waals surface area contributed by atoms with E-state index in [-0.39, 0.29) is 31.1 Å². The van der Waals surface area contributed by atoms with Crippen molar-refractivity contribution in [3.05, 3.63) is 17.7 Å². The lowest BCUT2D eigenvalue weighted by Gasteiger charge is -2.31. The smallest absolute Gasteiger partial charge is 0.409 e. The number of nitrogens with one attached hydrogen (secondary N) is 1. The van der Waals surface area contributed by atoms with Gasteiger partial charge in [0.1, 0.15) is 0 Å². The molecule has 1 saturated heterocycles. The van der Waals surface area contributed by atoms with Crippen molar-refractivity contribution in [3.8, 4) is 17.2 Å². The molecule has 2 amide bonds. The SMILES string of the molecule is CCOC(=O)N1CCC(NC(=O)COC(=O)Cc2cc(OC)c(OC)c(OC)c2)CC1. The predicted molar refractivity (Wildman–Crippen MR) is 111 cm³/mol. The molecule has 1 aromatic rings. The van der Waals surface area contributed by atoms with Gasteiger partial charge in [-0.25, -0.2) is 4.79 Å². The summed E-state index contributed by atoms with van der Waals surface area (Å²) in [6.45, 7) is 2.72.